The number of hydrogen-bond donors (Lipinski definition) is 0. The van der Waals surface area contributed by atoms with Gasteiger partial charge in [0.25, 0.3) is 17.7 Å². The lowest BCUT2D eigenvalue weighted by Crippen LogP contribution is -2.56. The van der Waals surface area contributed by atoms with Crippen LogP contribution in [0.1, 0.15) is 38.0 Å². The van der Waals surface area contributed by atoms with Gasteiger partial charge >= 0.3 is 0 Å². The highest BCUT2D eigenvalue weighted by Gasteiger charge is 2.42. The zero-order valence-electron chi connectivity index (χ0n) is 18.7. The third-order valence-corrected chi connectivity index (χ3v) is 6.05. The number of methoxy groups -OCH3 is 2. The molecular formula is C24H25N3O6. The summed E-state index contributed by atoms with van der Waals surface area (Å²) >= 11 is 0. The Morgan fingerprint density at radius 2 is 1.30 bits per heavy atom. The van der Waals surface area contributed by atoms with E-state index in [1.54, 1.807) is 59.2 Å². The van der Waals surface area contributed by atoms with Crippen molar-refractivity contribution in [3.8, 4) is 11.5 Å². The summed E-state index contributed by atoms with van der Waals surface area (Å²) in [5, 5.41) is 0. The van der Waals surface area contributed by atoms with E-state index in [9.17, 15) is 19.2 Å². The highest BCUT2D eigenvalue weighted by atomic mass is 16.5. The fraction of sp³-hybridized carbons (Fsp3) is 0.333. The topological polar surface area (TPSA) is 96.5 Å². The van der Waals surface area contributed by atoms with Crippen LogP contribution in [0.5, 0.6) is 11.5 Å². The van der Waals surface area contributed by atoms with Crippen LogP contribution in [0.15, 0.2) is 42.5 Å². The largest absolute Gasteiger partial charge is 0.497 e. The van der Waals surface area contributed by atoms with Gasteiger partial charge in [-0.2, -0.15) is 0 Å². The molecule has 9 nitrogen and oxygen atoms in total. The van der Waals surface area contributed by atoms with Crippen LogP contribution in [0, 0.1) is 0 Å². The van der Waals surface area contributed by atoms with Gasteiger partial charge in [0.05, 0.1) is 25.3 Å². The molecule has 2 heterocycles. The molecule has 1 saturated heterocycles. The molecule has 0 aliphatic carbocycles. The second-order valence-corrected chi connectivity index (χ2v) is 7.92. The van der Waals surface area contributed by atoms with E-state index in [-0.39, 0.29) is 11.8 Å². The smallest absolute Gasteiger partial charge is 0.262 e. The maximum Gasteiger partial charge on any atom is 0.262 e. The van der Waals surface area contributed by atoms with Crippen molar-refractivity contribution in [3.63, 3.8) is 0 Å². The Morgan fingerprint density at radius 1 is 0.818 bits per heavy atom. The molecule has 4 rings (SSSR count). The molecule has 2 aliphatic rings. The first-order valence-corrected chi connectivity index (χ1v) is 10.6. The average molecular weight is 451 g/mol. The second kappa shape index (κ2) is 8.93. The number of benzene rings is 2. The minimum Gasteiger partial charge on any atom is -0.497 e. The van der Waals surface area contributed by atoms with Crippen LogP contribution in [-0.2, 0) is 4.79 Å². The summed E-state index contributed by atoms with van der Waals surface area (Å²) in [4.78, 5) is 55.7. The van der Waals surface area contributed by atoms with Gasteiger partial charge in [-0.25, -0.2) is 0 Å². The maximum absolute atomic E-state index is 13.1. The molecule has 2 aliphatic heterocycles. The number of rotatable bonds is 5. The van der Waals surface area contributed by atoms with Gasteiger partial charge in [-0.15, -0.1) is 0 Å². The number of piperazine rings is 1. The van der Waals surface area contributed by atoms with Gasteiger partial charge in [0.15, 0.2) is 0 Å². The monoisotopic (exact) mass is 451 g/mol. The standard InChI is InChI=1S/C24H25N3O6/c1-15(27-23(30)19-6-4-5-7-20(19)24(27)31)21(28)25-8-10-26(11-9-25)22(29)16-12-17(32-2)14-18(13-16)33-3/h4-7,12-15H,8-11H2,1-3H3. The predicted octanol–water partition coefficient (Wildman–Crippen LogP) is 1.67. The van der Waals surface area contributed by atoms with Crippen molar-refractivity contribution >= 4 is 23.6 Å². The first-order valence-electron chi connectivity index (χ1n) is 10.6. The summed E-state index contributed by atoms with van der Waals surface area (Å²) in [6.45, 7) is 2.83. The number of imide groups is 1. The van der Waals surface area contributed by atoms with E-state index in [2.05, 4.69) is 0 Å². The fourth-order valence-electron chi connectivity index (χ4n) is 4.18. The van der Waals surface area contributed by atoms with Gasteiger partial charge < -0.3 is 19.3 Å². The SMILES string of the molecule is COc1cc(OC)cc(C(=O)N2CCN(C(=O)C(C)N3C(=O)c4ccccc4C3=O)CC2)c1. The van der Waals surface area contributed by atoms with Gasteiger partial charge in [0.2, 0.25) is 5.91 Å². The van der Waals surface area contributed by atoms with Crippen LogP contribution in [0.25, 0.3) is 0 Å². The van der Waals surface area contributed by atoms with Crippen LogP contribution >= 0.6 is 0 Å². The molecule has 0 saturated carbocycles. The summed E-state index contributed by atoms with van der Waals surface area (Å²) < 4.78 is 10.5. The Hall–Kier alpha value is -3.88. The molecule has 0 bridgehead atoms. The molecule has 1 fully saturated rings. The third-order valence-electron chi connectivity index (χ3n) is 6.05. The van der Waals surface area contributed by atoms with Gasteiger partial charge in [0.1, 0.15) is 17.5 Å². The zero-order valence-corrected chi connectivity index (χ0v) is 18.7. The zero-order chi connectivity index (χ0) is 23.7. The number of nitrogens with zero attached hydrogens (tertiary/aromatic N) is 3. The molecule has 4 amide bonds. The number of carbonyl (C=O) groups excluding carboxylic acids is 4. The summed E-state index contributed by atoms with van der Waals surface area (Å²) in [6.07, 6.45) is 0. The van der Waals surface area contributed by atoms with E-state index >= 15 is 0 Å². The fourth-order valence-corrected chi connectivity index (χ4v) is 4.18. The molecular weight excluding hydrogens is 426 g/mol. The number of amides is 4. The molecule has 0 radical (unpaired) electrons. The van der Waals surface area contributed by atoms with Crippen molar-refractivity contribution in [1.82, 2.24) is 14.7 Å². The van der Waals surface area contributed by atoms with Gasteiger partial charge in [0, 0.05) is 37.8 Å². The van der Waals surface area contributed by atoms with Crippen molar-refractivity contribution in [3.05, 3.63) is 59.2 Å². The third kappa shape index (κ3) is 4.02. The van der Waals surface area contributed by atoms with Gasteiger partial charge in [-0.3, -0.25) is 24.1 Å². The molecule has 2 aromatic carbocycles. The van der Waals surface area contributed by atoms with Crippen molar-refractivity contribution in [2.45, 2.75) is 13.0 Å². The molecule has 0 N–H and O–H groups in total. The lowest BCUT2D eigenvalue weighted by Gasteiger charge is -2.37. The molecule has 1 unspecified atom stereocenters. The second-order valence-electron chi connectivity index (χ2n) is 7.92. The molecule has 172 valence electrons. The number of fused-ring (bicyclic) bond motifs is 1. The van der Waals surface area contributed by atoms with Crippen LogP contribution in [-0.4, -0.2) is 84.8 Å². The van der Waals surface area contributed by atoms with Gasteiger partial charge in [-0.05, 0) is 31.2 Å². The number of ether oxygens (including phenoxy) is 2. The Balaban J connectivity index is 1.41. The lowest BCUT2D eigenvalue weighted by molar-refractivity contribution is -0.136. The highest BCUT2D eigenvalue weighted by Crippen LogP contribution is 2.26. The van der Waals surface area contributed by atoms with Crippen LogP contribution in [0.2, 0.25) is 0 Å². The van der Waals surface area contributed by atoms with Crippen LogP contribution in [0.4, 0.5) is 0 Å². The van der Waals surface area contributed by atoms with Crippen LogP contribution in [0.3, 0.4) is 0 Å². The van der Waals surface area contributed by atoms with Crippen molar-refractivity contribution in [2.75, 3.05) is 40.4 Å². The minimum absolute atomic E-state index is 0.187. The molecule has 0 aromatic heterocycles. The Bertz CT molecular complexity index is 1070. The predicted molar refractivity (Wildman–Crippen MR) is 118 cm³/mol. The molecule has 2 aromatic rings. The molecule has 9 heteroatoms. The quantitative estimate of drug-likeness (QED) is 0.642. The van der Waals surface area contributed by atoms with Gasteiger partial charge in [-0.1, -0.05) is 12.1 Å². The number of carbonyl (C=O) groups is 4. The Kier molecular flexibility index (Phi) is 6.04. The first-order chi connectivity index (χ1) is 15.8. The summed E-state index contributed by atoms with van der Waals surface area (Å²) in [5.41, 5.74) is 1.06. The lowest BCUT2D eigenvalue weighted by atomic mass is 10.1. The first kappa shape index (κ1) is 22.3. The van der Waals surface area contributed by atoms with E-state index < -0.39 is 17.9 Å². The molecule has 0 spiro atoms. The van der Waals surface area contributed by atoms with E-state index in [0.717, 1.165) is 4.90 Å². The Labute approximate surface area is 191 Å². The molecule has 33 heavy (non-hydrogen) atoms. The summed E-state index contributed by atoms with van der Waals surface area (Å²) in [7, 11) is 3.03. The maximum atomic E-state index is 13.1. The summed E-state index contributed by atoms with van der Waals surface area (Å²) in [5.74, 6) is -0.399. The number of hydrogen-bond acceptors (Lipinski definition) is 6. The van der Waals surface area contributed by atoms with E-state index in [0.29, 0.717) is 54.4 Å². The summed E-state index contributed by atoms with van der Waals surface area (Å²) in [6, 6.07) is 10.6. The Morgan fingerprint density at radius 3 is 1.79 bits per heavy atom. The van der Waals surface area contributed by atoms with Crippen LogP contribution < -0.4 is 9.47 Å². The van der Waals surface area contributed by atoms with E-state index in [1.807, 2.05) is 0 Å². The van der Waals surface area contributed by atoms with E-state index in [1.165, 1.54) is 14.2 Å². The highest BCUT2D eigenvalue weighted by molar-refractivity contribution is 6.22. The minimum atomic E-state index is -0.928. The normalized spacial score (nSPS) is 16.5. The van der Waals surface area contributed by atoms with E-state index in [4.69, 9.17) is 9.47 Å². The molecule has 1 atom stereocenters. The van der Waals surface area contributed by atoms with Crippen molar-refractivity contribution in [2.24, 2.45) is 0 Å². The van der Waals surface area contributed by atoms with Crippen molar-refractivity contribution < 1.29 is 28.7 Å². The average Bonchev–Trinajstić information content (AvgIpc) is 3.12. The van der Waals surface area contributed by atoms with Crippen molar-refractivity contribution in [1.29, 1.82) is 0 Å².